The van der Waals surface area contributed by atoms with Crippen molar-refractivity contribution in [1.29, 1.82) is 0 Å². The van der Waals surface area contributed by atoms with Crippen LogP contribution in [0.4, 0.5) is 5.82 Å². The van der Waals surface area contributed by atoms with Crippen LogP contribution in [0.25, 0.3) is 0 Å². The van der Waals surface area contributed by atoms with Gasteiger partial charge in [0.05, 0.1) is 23.0 Å². The number of aryl methyl sites for hydroxylation is 2. The summed E-state index contributed by atoms with van der Waals surface area (Å²) in [4.78, 5) is 0. The molecule has 0 aliphatic rings. The topological polar surface area (TPSA) is 61.7 Å². The first kappa shape index (κ1) is 12.0. The summed E-state index contributed by atoms with van der Waals surface area (Å²) >= 11 is 6.31. The number of hydrogen-bond acceptors (Lipinski definition) is 3. The number of nitrogens with two attached hydrogens (primary N) is 1. The number of anilines is 1. The van der Waals surface area contributed by atoms with Gasteiger partial charge in [0, 0.05) is 12.7 Å². The minimum atomic E-state index is 0.513. The highest BCUT2D eigenvalue weighted by Crippen LogP contribution is 2.22. The van der Waals surface area contributed by atoms with Gasteiger partial charge in [-0.15, -0.1) is 0 Å². The number of hydrogen-bond donors (Lipinski definition) is 1. The van der Waals surface area contributed by atoms with Crippen molar-refractivity contribution in [1.82, 2.24) is 19.6 Å². The van der Waals surface area contributed by atoms with Crippen LogP contribution in [0.5, 0.6) is 0 Å². The van der Waals surface area contributed by atoms with Gasteiger partial charge in [0.25, 0.3) is 0 Å². The van der Waals surface area contributed by atoms with Crippen LogP contribution in [0, 0.1) is 0 Å². The Kier molecular flexibility index (Phi) is 3.38. The molecule has 17 heavy (non-hydrogen) atoms. The van der Waals surface area contributed by atoms with E-state index in [-0.39, 0.29) is 0 Å². The van der Waals surface area contributed by atoms with Crippen molar-refractivity contribution in [3.8, 4) is 0 Å². The van der Waals surface area contributed by atoms with Crippen LogP contribution in [0.15, 0.2) is 12.3 Å². The largest absolute Gasteiger partial charge is 0.382 e. The quantitative estimate of drug-likeness (QED) is 0.906. The standard InChI is InChI=1S/C11H16ClN5/c1-3-8-11(12)9(17(4-2)14-8)7-16-6-5-10(13)15-16/h5-6H,3-4,7H2,1-2H3,(H2,13,15). The zero-order chi connectivity index (χ0) is 12.4. The second kappa shape index (κ2) is 4.79. The molecule has 0 saturated heterocycles. The second-order valence-corrected chi connectivity index (χ2v) is 4.19. The molecule has 0 aliphatic carbocycles. The van der Waals surface area contributed by atoms with Crippen LogP contribution in [0.3, 0.4) is 0 Å². The fourth-order valence-corrected chi connectivity index (χ4v) is 2.12. The third-order valence-electron chi connectivity index (χ3n) is 2.67. The molecule has 0 saturated carbocycles. The van der Waals surface area contributed by atoms with Crippen molar-refractivity contribution in [2.24, 2.45) is 0 Å². The van der Waals surface area contributed by atoms with E-state index in [1.807, 2.05) is 24.7 Å². The maximum Gasteiger partial charge on any atom is 0.145 e. The Hall–Kier alpha value is -1.49. The maximum atomic E-state index is 6.31. The summed E-state index contributed by atoms with van der Waals surface area (Å²) in [6, 6.07) is 1.77. The predicted octanol–water partition coefficient (Wildman–Crippen LogP) is 1.95. The third-order valence-corrected chi connectivity index (χ3v) is 3.10. The molecule has 0 amide bonds. The zero-order valence-electron chi connectivity index (χ0n) is 10.0. The highest BCUT2D eigenvalue weighted by Gasteiger charge is 2.14. The molecule has 2 aromatic heterocycles. The molecule has 0 unspecified atom stereocenters. The molecular weight excluding hydrogens is 238 g/mol. The summed E-state index contributed by atoms with van der Waals surface area (Å²) in [7, 11) is 0. The van der Waals surface area contributed by atoms with Crippen LogP contribution in [0.2, 0.25) is 5.02 Å². The molecule has 0 bridgehead atoms. The lowest BCUT2D eigenvalue weighted by atomic mass is 10.3. The molecule has 0 aromatic carbocycles. The SMILES string of the molecule is CCc1nn(CC)c(Cn2ccc(N)n2)c1Cl. The van der Waals surface area contributed by atoms with E-state index in [0.29, 0.717) is 12.4 Å². The van der Waals surface area contributed by atoms with Gasteiger partial charge in [-0.1, -0.05) is 18.5 Å². The maximum absolute atomic E-state index is 6.31. The van der Waals surface area contributed by atoms with Crippen LogP contribution >= 0.6 is 11.6 Å². The number of halogens is 1. The molecule has 6 heteroatoms. The van der Waals surface area contributed by atoms with E-state index in [1.54, 1.807) is 10.7 Å². The van der Waals surface area contributed by atoms with Gasteiger partial charge in [-0.2, -0.15) is 10.2 Å². The van der Waals surface area contributed by atoms with Gasteiger partial charge in [0.15, 0.2) is 0 Å². The lowest BCUT2D eigenvalue weighted by Crippen LogP contribution is -2.09. The van der Waals surface area contributed by atoms with Crippen molar-refractivity contribution in [2.75, 3.05) is 5.73 Å². The summed E-state index contributed by atoms with van der Waals surface area (Å²) in [6.07, 6.45) is 2.67. The van der Waals surface area contributed by atoms with E-state index in [4.69, 9.17) is 17.3 Å². The van der Waals surface area contributed by atoms with Crippen molar-refractivity contribution in [3.63, 3.8) is 0 Å². The zero-order valence-corrected chi connectivity index (χ0v) is 10.8. The van der Waals surface area contributed by atoms with E-state index < -0.39 is 0 Å². The molecule has 2 aromatic rings. The molecule has 92 valence electrons. The number of rotatable bonds is 4. The molecular formula is C11H16ClN5. The molecule has 0 radical (unpaired) electrons. The minimum Gasteiger partial charge on any atom is -0.382 e. The van der Waals surface area contributed by atoms with Crippen LogP contribution in [-0.4, -0.2) is 19.6 Å². The lowest BCUT2D eigenvalue weighted by molar-refractivity contribution is 0.574. The Morgan fingerprint density at radius 1 is 1.35 bits per heavy atom. The first-order valence-corrected chi connectivity index (χ1v) is 6.06. The predicted molar refractivity (Wildman–Crippen MR) is 68.0 cm³/mol. The Morgan fingerprint density at radius 2 is 2.12 bits per heavy atom. The number of aromatic nitrogens is 4. The van der Waals surface area contributed by atoms with Gasteiger partial charge in [0.1, 0.15) is 5.82 Å². The summed E-state index contributed by atoms with van der Waals surface area (Å²) in [6.45, 7) is 5.48. The Morgan fingerprint density at radius 3 is 2.65 bits per heavy atom. The van der Waals surface area contributed by atoms with E-state index >= 15 is 0 Å². The van der Waals surface area contributed by atoms with Gasteiger partial charge in [-0.3, -0.25) is 9.36 Å². The summed E-state index contributed by atoms with van der Waals surface area (Å²) in [5.41, 5.74) is 7.50. The second-order valence-electron chi connectivity index (χ2n) is 3.81. The monoisotopic (exact) mass is 253 g/mol. The molecule has 5 nitrogen and oxygen atoms in total. The molecule has 2 N–H and O–H groups in total. The summed E-state index contributed by atoms with van der Waals surface area (Å²) in [5, 5.41) is 9.35. The molecule has 0 fully saturated rings. The summed E-state index contributed by atoms with van der Waals surface area (Å²) in [5.74, 6) is 0.513. The van der Waals surface area contributed by atoms with Crippen LogP contribution < -0.4 is 5.73 Å². The van der Waals surface area contributed by atoms with Crippen molar-refractivity contribution in [2.45, 2.75) is 33.4 Å². The highest BCUT2D eigenvalue weighted by molar-refractivity contribution is 6.31. The van der Waals surface area contributed by atoms with Crippen molar-refractivity contribution >= 4 is 17.4 Å². The van der Waals surface area contributed by atoms with Crippen molar-refractivity contribution in [3.05, 3.63) is 28.7 Å². The molecule has 0 spiro atoms. The fraction of sp³-hybridized carbons (Fsp3) is 0.455. The summed E-state index contributed by atoms with van der Waals surface area (Å²) < 4.78 is 3.68. The smallest absolute Gasteiger partial charge is 0.145 e. The van der Waals surface area contributed by atoms with Gasteiger partial charge >= 0.3 is 0 Å². The molecule has 2 rings (SSSR count). The number of nitrogens with zero attached hydrogens (tertiary/aromatic N) is 4. The first-order chi connectivity index (χ1) is 8.15. The highest BCUT2D eigenvalue weighted by atomic mass is 35.5. The molecule has 0 aliphatic heterocycles. The van der Waals surface area contributed by atoms with E-state index in [2.05, 4.69) is 10.2 Å². The Balaban J connectivity index is 2.34. The Labute approximate surface area is 105 Å². The average molecular weight is 254 g/mol. The van der Waals surface area contributed by atoms with Crippen molar-refractivity contribution < 1.29 is 0 Å². The van der Waals surface area contributed by atoms with Crippen LogP contribution in [0.1, 0.15) is 25.2 Å². The molecule has 0 atom stereocenters. The van der Waals surface area contributed by atoms with Gasteiger partial charge < -0.3 is 5.73 Å². The van der Waals surface area contributed by atoms with E-state index in [0.717, 1.165) is 29.4 Å². The van der Waals surface area contributed by atoms with Gasteiger partial charge in [-0.05, 0) is 19.4 Å². The lowest BCUT2D eigenvalue weighted by Gasteiger charge is -2.05. The van der Waals surface area contributed by atoms with E-state index in [9.17, 15) is 0 Å². The average Bonchev–Trinajstić information content (AvgIpc) is 2.85. The fourth-order valence-electron chi connectivity index (χ4n) is 1.79. The van der Waals surface area contributed by atoms with E-state index in [1.165, 1.54) is 0 Å². The normalized spacial score (nSPS) is 11.0. The minimum absolute atomic E-state index is 0.513. The van der Waals surface area contributed by atoms with Gasteiger partial charge in [-0.25, -0.2) is 0 Å². The first-order valence-electron chi connectivity index (χ1n) is 5.68. The van der Waals surface area contributed by atoms with Crippen LogP contribution in [-0.2, 0) is 19.5 Å². The van der Waals surface area contributed by atoms with Gasteiger partial charge in [0.2, 0.25) is 0 Å². The third kappa shape index (κ3) is 2.29. The number of nitrogen functional groups attached to an aromatic ring is 1. The molecule has 2 heterocycles. The Bertz CT molecular complexity index is 514.